The number of carboxylic acid groups (broad SMARTS) is 1. The minimum atomic E-state index is -4.57. The fourth-order valence-corrected chi connectivity index (χ4v) is 3.02. The van der Waals surface area contributed by atoms with Crippen LogP contribution in [-0.4, -0.2) is 29.8 Å². The first-order valence-corrected chi connectivity index (χ1v) is 10.4. The molecule has 1 N–H and O–H groups in total. The van der Waals surface area contributed by atoms with Crippen molar-refractivity contribution in [2.24, 2.45) is 0 Å². The fraction of sp³-hybridized carbons (Fsp3) is 0.182. The molecule has 1 heterocycles. The monoisotopic (exact) mass is 414 g/mol. The lowest BCUT2D eigenvalue weighted by atomic mass is 10.0. The maximum absolute atomic E-state index is 9.51. The van der Waals surface area contributed by atoms with Crippen molar-refractivity contribution in [2.45, 2.75) is 20.8 Å². The van der Waals surface area contributed by atoms with Crippen molar-refractivity contribution in [3.8, 4) is 22.5 Å². The molecule has 3 aromatic rings. The van der Waals surface area contributed by atoms with Gasteiger partial charge in [0.1, 0.15) is 15.9 Å². The molecule has 0 amide bonds. The number of aliphatic carboxylic acids is 1. The van der Waals surface area contributed by atoms with Gasteiger partial charge in [0.15, 0.2) is 0 Å². The third kappa shape index (κ3) is 7.48. The fourth-order valence-electron chi connectivity index (χ4n) is 2.72. The van der Waals surface area contributed by atoms with Gasteiger partial charge in [-0.1, -0.05) is 47.5 Å². The van der Waals surface area contributed by atoms with Crippen molar-refractivity contribution < 1.29 is 27.3 Å². The summed E-state index contributed by atoms with van der Waals surface area (Å²) in [5.74, 6) is -1.13. The first kappa shape index (κ1) is 22.3. The molecule has 0 radical (unpaired) electrons. The summed E-state index contributed by atoms with van der Waals surface area (Å²) in [4.78, 5) is 9.44. The Morgan fingerprint density at radius 2 is 1.45 bits per heavy atom. The van der Waals surface area contributed by atoms with Crippen molar-refractivity contribution in [1.29, 1.82) is 0 Å². The molecule has 0 atom stereocenters. The highest BCUT2D eigenvalue weighted by Crippen LogP contribution is 2.29. The highest BCUT2D eigenvalue weighted by Gasteiger charge is 2.16. The number of hydrogen-bond donors (Lipinski definition) is 1. The second kappa shape index (κ2) is 9.45. The van der Waals surface area contributed by atoms with Crippen molar-refractivity contribution in [3.05, 3.63) is 77.6 Å². The van der Waals surface area contributed by atoms with E-state index in [-0.39, 0.29) is 0 Å². The zero-order valence-electron chi connectivity index (χ0n) is 16.4. The van der Waals surface area contributed by atoms with Crippen LogP contribution in [0.4, 0.5) is 0 Å². The Labute approximate surface area is 170 Å². The van der Waals surface area contributed by atoms with Gasteiger partial charge in [-0.25, -0.2) is 12.8 Å². The summed E-state index contributed by atoms with van der Waals surface area (Å²) < 4.78 is 34.4. The normalized spacial score (nSPS) is 10.8. The topological polar surface area (TPSA) is 106 Å². The van der Waals surface area contributed by atoms with Crippen LogP contribution in [0.25, 0.3) is 22.5 Å². The molecule has 0 fully saturated rings. The van der Waals surface area contributed by atoms with Crippen LogP contribution >= 0.6 is 0 Å². The molecule has 0 aliphatic rings. The van der Waals surface area contributed by atoms with E-state index >= 15 is 0 Å². The van der Waals surface area contributed by atoms with Crippen LogP contribution in [-0.2, 0) is 14.9 Å². The smallest absolute Gasteiger partial charge is 0.360 e. The van der Waals surface area contributed by atoms with Gasteiger partial charge in [0, 0.05) is 11.6 Å². The Balaban J connectivity index is 0.000000321. The summed E-state index contributed by atoms with van der Waals surface area (Å²) in [5.41, 5.74) is 6.04. The predicted octanol–water partition coefficient (Wildman–Crippen LogP) is 4.44. The Morgan fingerprint density at radius 1 is 0.897 bits per heavy atom. The van der Waals surface area contributed by atoms with E-state index in [1.807, 2.05) is 6.92 Å². The lowest BCUT2D eigenvalue weighted by Gasteiger charge is -2.02. The third-order valence-corrected chi connectivity index (χ3v) is 4.47. The van der Waals surface area contributed by atoms with Gasteiger partial charge in [0.05, 0.1) is 18.6 Å². The second-order valence-corrected chi connectivity index (χ2v) is 8.06. The summed E-state index contributed by atoms with van der Waals surface area (Å²) in [6.07, 6.45) is 0. The van der Waals surface area contributed by atoms with E-state index in [4.69, 9.17) is 9.52 Å². The first-order valence-electron chi connectivity index (χ1n) is 8.78. The highest BCUT2D eigenvalue weighted by atomic mass is 32.2. The molecule has 7 heteroatoms. The summed E-state index contributed by atoms with van der Waals surface area (Å²) in [6, 6.07) is 21.2. The maximum atomic E-state index is 9.51. The van der Waals surface area contributed by atoms with Crippen LogP contribution in [0.2, 0.25) is 0 Å². The molecular formula is C22H22O6S. The van der Waals surface area contributed by atoms with Gasteiger partial charge in [-0.05, 0) is 31.5 Å². The number of hydrogen-bond acceptors (Lipinski definition) is 4. The molecular weight excluding hydrogens is 392 g/mol. The molecule has 152 valence electrons. The van der Waals surface area contributed by atoms with E-state index < -0.39 is 21.8 Å². The van der Waals surface area contributed by atoms with Crippen LogP contribution in [0.3, 0.4) is 0 Å². The molecule has 0 unspecified atom stereocenters. The first-order chi connectivity index (χ1) is 13.5. The SMILES string of the molecule is Cc1cccc(-c2cc(C)[o+]c(-c3cccc(C)c3)c2)c1.O=C(O)CS(=O)(=O)[O-]. The molecule has 0 bridgehead atoms. The Hall–Kier alpha value is -3.03. The number of rotatable bonds is 4. The standard InChI is InChI=1S/C20H19O.C2H4O5S/c1-14-6-4-8-17(10-14)19-12-16(3)21-20(13-19)18-9-5-7-15(2)11-18;3-2(4)1-8(5,6)7/h4-13H,1-3H3;1H2,(H,3,4)(H,5,6,7)/q+1;/p-1. The van der Waals surface area contributed by atoms with Crippen LogP contribution in [0.1, 0.15) is 16.9 Å². The van der Waals surface area contributed by atoms with Gasteiger partial charge >= 0.3 is 17.5 Å². The van der Waals surface area contributed by atoms with E-state index in [9.17, 15) is 17.8 Å². The van der Waals surface area contributed by atoms with Crippen LogP contribution in [0, 0.1) is 20.8 Å². The van der Waals surface area contributed by atoms with E-state index in [0.717, 1.165) is 17.1 Å². The maximum Gasteiger partial charge on any atom is 0.360 e. The van der Waals surface area contributed by atoms with Gasteiger partial charge in [-0.2, -0.15) is 0 Å². The molecule has 0 saturated carbocycles. The Bertz CT molecular complexity index is 1060. The minimum Gasteiger partial charge on any atom is -0.748 e. The number of carbonyl (C=O) groups is 1. The van der Waals surface area contributed by atoms with Gasteiger partial charge in [-0.15, -0.1) is 0 Å². The van der Waals surface area contributed by atoms with Crippen LogP contribution < -0.4 is 0 Å². The van der Waals surface area contributed by atoms with Crippen molar-refractivity contribution in [1.82, 2.24) is 0 Å². The molecule has 0 spiro atoms. The van der Waals surface area contributed by atoms with Gasteiger partial charge in [-0.3, -0.25) is 4.79 Å². The van der Waals surface area contributed by atoms with E-state index in [0.29, 0.717) is 0 Å². The van der Waals surface area contributed by atoms with E-state index in [2.05, 4.69) is 74.5 Å². The quantitative estimate of drug-likeness (QED) is 0.500. The van der Waals surface area contributed by atoms with Crippen molar-refractivity contribution in [2.75, 3.05) is 5.75 Å². The predicted molar refractivity (Wildman–Crippen MR) is 110 cm³/mol. The summed E-state index contributed by atoms with van der Waals surface area (Å²) in [5, 5.41) is 7.67. The molecule has 3 rings (SSSR count). The lowest BCUT2D eigenvalue weighted by Crippen LogP contribution is -2.13. The molecule has 0 saturated heterocycles. The zero-order valence-corrected chi connectivity index (χ0v) is 17.2. The van der Waals surface area contributed by atoms with Gasteiger partial charge in [0.2, 0.25) is 0 Å². The Morgan fingerprint density at radius 3 is 1.93 bits per heavy atom. The van der Waals surface area contributed by atoms with Gasteiger partial charge in [0.25, 0.3) is 0 Å². The summed E-state index contributed by atoms with van der Waals surface area (Å²) in [7, 11) is -4.57. The molecule has 29 heavy (non-hydrogen) atoms. The van der Waals surface area contributed by atoms with Crippen molar-refractivity contribution in [3.63, 3.8) is 0 Å². The number of carboxylic acids is 1. The second-order valence-electron chi connectivity index (χ2n) is 6.66. The number of benzene rings is 2. The van der Waals surface area contributed by atoms with Crippen LogP contribution in [0.5, 0.6) is 0 Å². The lowest BCUT2D eigenvalue weighted by molar-refractivity contribution is -0.134. The highest BCUT2D eigenvalue weighted by molar-refractivity contribution is 7.86. The average Bonchev–Trinajstić information content (AvgIpc) is 2.59. The van der Waals surface area contributed by atoms with Gasteiger partial charge < -0.3 is 9.66 Å². The molecule has 0 aliphatic heterocycles. The van der Waals surface area contributed by atoms with Crippen LogP contribution in [0.15, 0.2) is 65.1 Å². The molecule has 0 aliphatic carbocycles. The zero-order chi connectivity index (χ0) is 21.6. The molecule has 2 aromatic carbocycles. The summed E-state index contributed by atoms with van der Waals surface area (Å²) >= 11 is 0. The molecule has 6 nitrogen and oxygen atoms in total. The van der Waals surface area contributed by atoms with E-state index in [1.165, 1.54) is 22.3 Å². The summed E-state index contributed by atoms with van der Waals surface area (Å²) in [6.45, 7) is 6.21. The largest absolute Gasteiger partial charge is 0.748 e. The average molecular weight is 414 g/mol. The van der Waals surface area contributed by atoms with E-state index in [1.54, 1.807) is 0 Å². The molecule has 1 aromatic heterocycles. The van der Waals surface area contributed by atoms with Crippen molar-refractivity contribution >= 4 is 16.1 Å². The third-order valence-electron chi connectivity index (χ3n) is 3.87. The number of aryl methyl sites for hydroxylation is 3. The minimum absolute atomic E-state index is 0.912. The Kier molecular flexibility index (Phi) is 7.25.